The zero-order chi connectivity index (χ0) is 14.0. The van der Waals surface area contributed by atoms with Gasteiger partial charge in [0.05, 0.1) is 11.9 Å². The molecule has 2 rings (SSSR count). The maximum atomic E-state index is 13.4. The number of nitrogens with one attached hydrogen (secondary N) is 1. The topological polar surface area (TPSA) is 59.1 Å². The van der Waals surface area contributed by atoms with Crippen LogP contribution in [0.5, 0.6) is 0 Å². The molecule has 4 nitrogen and oxygen atoms in total. The van der Waals surface area contributed by atoms with Gasteiger partial charge in [-0.15, -0.1) is 0 Å². The van der Waals surface area contributed by atoms with Gasteiger partial charge in [0.1, 0.15) is 16.5 Å². The molecule has 19 heavy (non-hydrogen) atoms. The molecular weight excluding hydrogens is 281 g/mol. The SMILES string of the molecule is O=S(=O)(Nc1ccc(F)nc1)c1cc(F)ccc1F. The molecule has 0 unspecified atom stereocenters. The Morgan fingerprint density at radius 3 is 2.42 bits per heavy atom. The number of sulfonamides is 1. The average molecular weight is 288 g/mol. The molecule has 0 radical (unpaired) electrons. The molecule has 8 heteroatoms. The maximum Gasteiger partial charge on any atom is 0.264 e. The quantitative estimate of drug-likeness (QED) is 0.882. The van der Waals surface area contributed by atoms with Crippen molar-refractivity contribution in [2.75, 3.05) is 4.72 Å². The fourth-order valence-electron chi connectivity index (χ4n) is 1.33. The van der Waals surface area contributed by atoms with Gasteiger partial charge in [0.25, 0.3) is 10.0 Å². The zero-order valence-corrected chi connectivity index (χ0v) is 10.1. The molecule has 2 aromatic rings. The van der Waals surface area contributed by atoms with E-state index in [-0.39, 0.29) is 5.69 Å². The summed E-state index contributed by atoms with van der Waals surface area (Å²) in [5.41, 5.74) is -0.0648. The minimum atomic E-state index is -4.31. The van der Waals surface area contributed by atoms with Gasteiger partial charge < -0.3 is 0 Å². The minimum Gasteiger partial charge on any atom is -0.278 e. The van der Waals surface area contributed by atoms with Crippen LogP contribution < -0.4 is 4.72 Å². The number of aromatic nitrogens is 1. The number of anilines is 1. The van der Waals surface area contributed by atoms with Gasteiger partial charge in [0, 0.05) is 0 Å². The van der Waals surface area contributed by atoms with Crippen LogP contribution in [0.3, 0.4) is 0 Å². The standard InChI is InChI=1S/C11H7F3N2O2S/c12-7-1-3-9(13)10(5-7)19(17,18)16-8-2-4-11(14)15-6-8/h1-6,16H. The summed E-state index contributed by atoms with van der Waals surface area (Å²) in [6, 6.07) is 4.09. The molecule has 0 aliphatic heterocycles. The van der Waals surface area contributed by atoms with Crippen molar-refractivity contribution in [3.63, 3.8) is 0 Å². The average Bonchev–Trinajstić information content (AvgIpc) is 2.35. The number of hydrogen-bond acceptors (Lipinski definition) is 3. The van der Waals surface area contributed by atoms with Crippen molar-refractivity contribution < 1.29 is 21.6 Å². The first-order valence-electron chi connectivity index (χ1n) is 4.98. The smallest absolute Gasteiger partial charge is 0.264 e. The van der Waals surface area contributed by atoms with Crippen LogP contribution >= 0.6 is 0 Å². The lowest BCUT2D eigenvalue weighted by atomic mass is 10.3. The van der Waals surface area contributed by atoms with Gasteiger partial charge in [-0.25, -0.2) is 22.2 Å². The van der Waals surface area contributed by atoms with E-state index in [0.29, 0.717) is 12.1 Å². The highest BCUT2D eigenvalue weighted by Crippen LogP contribution is 2.19. The summed E-state index contributed by atoms with van der Waals surface area (Å²) in [5, 5.41) is 0. The van der Waals surface area contributed by atoms with Gasteiger partial charge in [-0.2, -0.15) is 4.39 Å². The van der Waals surface area contributed by atoms with Crippen LogP contribution in [0.25, 0.3) is 0 Å². The van der Waals surface area contributed by atoms with Gasteiger partial charge in [-0.3, -0.25) is 4.72 Å². The van der Waals surface area contributed by atoms with Crippen molar-refractivity contribution in [3.8, 4) is 0 Å². The lowest BCUT2D eigenvalue weighted by Crippen LogP contribution is -2.15. The number of benzene rings is 1. The number of pyridine rings is 1. The Morgan fingerprint density at radius 1 is 1.05 bits per heavy atom. The third-order valence-electron chi connectivity index (χ3n) is 2.16. The van der Waals surface area contributed by atoms with Gasteiger partial charge in [0.15, 0.2) is 0 Å². The summed E-state index contributed by atoms with van der Waals surface area (Å²) in [7, 11) is -4.31. The number of nitrogens with zero attached hydrogens (tertiary/aromatic N) is 1. The van der Waals surface area contributed by atoms with Crippen LogP contribution in [0.15, 0.2) is 41.4 Å². The van der Waals surface area contributed by atoms with Crippen LogP contribution in [0, 0.1) is 17.6 Å². The highest BCUT2D eigenvalue weighted by molar-refractivity contribution is 7.92. The summed E-state index contributed by atoms with van der Waals surface area (Å²) in [4.78, 5) is 2.40. The summed E-state index contributed by atoms with van der Waals surface area (Å²) in [6.07, 6.45) is 0.921. The summed E-state index contributed by atoms with van der Waals surface area (Å²) < 4.78 is 64.5. The molecule has 0 amide bonds. The Morgan fingerprint density at radius 2 is 1.79 bits per heavy atom. The fraction of sp³-hybridized carbons (Fsp3) is 0. The van der Waals surface area contributed by atoms with E-state index in [9.17, 15) is 21.6 Å². The largest absolute Gasteiger partial charge is 0.278 e. The maximum absolute atomic E-state index is 13.4. The van der Waals surface area contributed by atoms with E-state index >= 15 is 0 Å². The first-order valence-corrected chi connectivity index (χ1v) is 6.46. The Balaban J connectivity index is 2.37. The van der Waals surface area contributed by atoms with Gasteiger partial charge in [-0.1, -0.05) is 0 Å². The third-order valence-corrected chi connectivity index (χ3v) is 3.56. The van der Waals surface area contributed by atoms with Crippen molar-refractivity contribution in [2.24, 2.45) is 0 Å². The Kier molecular flexibility index (Phi) is 3.43. The molecule has 0 spiro atoms. The van der Waals surface area contributed by atoms with E-state index in [0.717, 1.165) is 24.4 Å². The molecule has 100 valence electrons. The number of rotatable bonds is 3. The second kappa shape index (κ2) is 4.88. The first kappa shape index (κ1) is 13.3. The second-order valence-electron chi connectivity index (χ2n) is 3.55. The van der Waals surface area contributed by atoms with E-state index in [2.05, 4.69) is 4.98 Å². The molecule has 0 saturated carbocycles. The molecule has 1 aromatic carbocycles. The van der Waals surface area contributed by atoms with Crippen LogP contribution in [0.2, 0.25) is 0 Å². The normalized spacial score (nSPS) is 11.3. The molecular formula is C11H7F3N2O2S. The van der Waals surface area contributed by atoms with Gasteiger partial charge in [0.2, 0.25) is 5.95 Å². The van der Waals surface area contributed by atoms with Crippen LogP contribution in [-0.4, -0.2) is 13.4 Å². The van der Waals surface area contributed by atoms with Crippen molar-refractivity contribution in [3.05, 3.63) is 54.1 Å². The van der Waals surface area contributed by atoms with Gasteiger partial charge >= 0.3 is 0 Å². The van der Waals surface area contributed by atoms with Crippen molar-refractivity contribution in [1.82, 2.24) is 4.98 Å². The third kappa shape index (κ3) is 3.02. The van der Waals surface area contributed by atoms with E-state index in [1.54, 1.807) is 0 Å². The molecule has 0 atom stereocenters. The Hall–Kier alpha value is -2.09. The van der Waals surface area contributed by atoms with Crippen molar-refractivity contribution in [1.29, 1.82) is 0 Å². The molecule has 0 aliphatic rings. The lowest BCUT2D eigenvalue weighted by molar-refractivity contribution is 0.555. The highest BCUT2D eigenvalue weighted by Gasteiger charge is 2.20. The van der Waals surface area contributed by atoms with Crippen LogP contribution in [0.1, 0.15) is 0 Å². The van der Waals surface area contributed by atoms with E-state index in [1.165, 1.54) is 0 Å². The van der Waals surface area contributed by atoms with Gasteiger partial charge in [-0.05, 0) is 30.3 Å². The lowest BCUT2D eigenvalue weighted by Gasteiger charge is -2.08. The predicted octanol–water partition coefficient (Wildman–Crippen LogP) is 2.30. The molecule has 1 heterocycles. The highest BCUT2D eigenvalue weighted by atomic mass is 32.2. The van der Waals surface area contributed by atoms with E-state index in [4.69, 9.17) is 0 Å². The molecule has 1 N–H and O–H groups in total. The minimum absolute atomic E-state index is 0.0648. The zero-order valence-electron chi connectivity index (χ0n) is 9.27. The summed E-state index contributed by atoms with van der Waals surface area (Å²) in [6.45, 7) is 0. The molecule has 0 bridgehead atoms. The Labute approximate surface area is 107 Å². The Bertz CT molecular complexity index is 702. The number of hydrogen-bond donors (Lipinski definition) is 1. The fourth-order valence-corrected chi connectivity index (χ4v) is 2.46. The molecule has 0 aliphatic carbocycles. The molecule has 1 aromatic heterocycles. The monoisotopic (exact) mass is 288 g/mol. The summed E-state index contributed by atoms with van der Waals surface area (Å²) in [5.74, 6) is -2.78. The molecule has 0 fully saturated rings. The predicted molar refractivity (Wildman–Crippen MR) is 61.4 cm³/mol. The van der Waals surface area contributed by atoms with E-state index < -0.39 is 32.5 Å². The van der Waals surface area contributed by atoms with Crippen molar-refractivity contribution >= 4 is 15.7 Å². The second-order valence-corrected chi connectivity index (χ2v) is 5.20. The van der Waals surface area contributed by atoms with Crippen LogP contribution in [-0.2, 0) is 10.0 Å². The molecule has 0 saturated heterocycles. The van der Waals surface area contributed by atoms with E-state index in [1.807, 2.05) is 4.72 Å². The first-order chi connectivity index (χ1) is 8.88. The van der Waals surface area contributed by atoms with Crippen molar-refractivity contribution in [2.45, 2.75) is 4.90 Å². The summed E-state index contributed by atoms with van der Waals surface area (Å²) >= 11 is 0. The van der Waals surface area contributed by atoms with Crippen LogP contribution in [0.4, 0.5) is 18.9 Å². The number of halogens is 3.